The molecule has 1 aliphatic rings. The summed E-state index contributed by atoms with van der Waals surface area (Å²) in [6, 6.07) is 2.61. The molecule has 0 saturated carbocycles. The third-order valence-electron chi connectivity index (χ3n) is 2.30. The number of halogens is 4. The zero-order valence-corrected chi connectivity index (χ0v) is 8.17. The van der Waals surface area contributed by atoms with E-state index < -0.39 is 11.7 Å². The maximum absolute atomic E-state index is 12.4. The number of alkyl halides is 3. The highest BCUT2D eigenvalue weighted by molar-refractivity contribution is 9.10. The molecule has 4 heteroatoms. The fraction of sp³-hybridized carbons (Fsp3) is 0.333. The smallest absolute Gasteiger partial charge is 0.166 e. The Kier molecular flexibility index (Phi) is 1.91. The molecule has 0 nitrogen and oxygen atoms in total. The van der Waals surface area contributed by atoms with Gasteiger partial charge in [-0.1, -0.05) is 15.9 Å². The average Bonchev–Trinajstić information content (AvgIpc) is 1.90. The molecule has 0 unspecified atom stereocenters. The topological polar surface area (TPSA) is 0 Å². The van der Waals surface area contributed by atoms with E-state index in [9.17, 15) is 13.2 Å². The van der Waals surface area contributed by atoms with Crippen molar-refractivity contribution in [1.29, 1.82) is 0 Å². The van der Waals surface area contributed by atoms with Gasteiger partial charge in [0.05, 0.1) is 5.56 Å². The predicted octanol–water partition coefficient (Wildman–Crippen LogP) is 3.57. The van der Waals surface area contributed by atoms with E-state index in [1.54, 1.807) is 0 Å². The maximum atomic E-state index is 12.4. The third kappa shape index (κ3) is 1.37. The monoisotopic (exact) mass is 250 g/mol. The SMILES string of the molecule is FC(F)(F)c1ccc(Br)c2c1CC2. The molecule has 1 aromatic carbocycles. The molecule has 0 N–H and O–H groups in total. The summed E-state index contributed by atoms with van der Waals surface area (Å²) < 4.78 is 37.9. The minimum absolute atomic E-state index is 0.460. The molecule has 0 aliphatic heterocycles. The molecule has 0 amide bonds. The summed E-state index contributed by atoms with van der Waals surface area (Å²) in [5, 5.41) is 0. The van der Waals surface area contributed by atoms with Gasteiger partial charge in [0.15, 0.2) is 0 Å². The highest BCUT2D eigenvalue weighted by atomic mass is 79.9. The van der Waals surface area contributed by atoms with Gasteiger partial charge in [0.2, 0.25) is 0 Å². The van der Waals surface area contributed by atoms with E-state index in [0.717, 1.165) is 22.5 Å². The summed E-state index contributed by atoms with van der Waals surface area (Å²) >= 11 is 3.23. The Morgan fingerprint density at radius 2 is 1.69 bits per heavy atom. The Morgan fingerprint density at radius 3 is 2.15 bits per heavy atom. The maximum Gasteiger partial charge on any atom is 0.416 e. The molecular formula is C9H6BrF3. The minimum Gasteiger partial charge on any atom is -0.166 e. The normalized spacial score (nSPS) is 15.1. The van der Waals surface area contributed by atoms with Crippen molar-refractivity contribution in [2.45, 2.75) is 19.0 Å². The van der Waals surface area contributed by atoms with Crippen molar-refractivity contribution in [2.75, 3.05) is 0 Å². The van der Waals surface area contributed by atoms with Crippen LogP contribution in [0.3, 0.4) is 0 Å². The van der Waals surface area contributed by atoms with E-state index in [0.29, 0.717) is 12.0 Å². The fourth-order valence-electron chi connectivity index (χ4n) is 1.56. The lowest BCUT2D eigenvalue weighted by Crippen LogP contribution is -2.18. The summed E-state index contributed by atoms with van der Waals surface area (Å²) in [5.74, 6) is 0. The lowest BCUT2D eigenvalue weighted by Gasteiger charge is -2.24. The van der Waals surface area contributed by atoms with Crippen LogP contribution in [0.15, 0.2) is 16.6 Å². The van der Waals surface area contributed by atoms with Crippen LogP contribution in [0.4, 0.5) is 13.2 Å². The molecular weight excluding hydrogens is 245 g/mol. The molecule has 70 valence electrons. The van der Waals surface area contributed by atoms with E-state index in [1.165, 1.54) is 6.07 Å². The Balaban J connectivity index is 2.56. The molecule has 0 atom stereocenters. The van der Waals surface area contributed by atoms with Gasteiger partial charge in [0.1, 0.15) is 0 Å². The lowest BCUT2D eigenvalue weighted by atomic mass is 9.84. The van der Waals surface area contributed by atoms with Gasteiger partial charge in [-0.15, -0.1) is 0 Å². The van der Waals surface area contributed by atoms with Crippen molar-refractivity contribution in [3.63, 3.8) is 0 Å². The van der Waals surface area contributed by atoms with Crippen LogP contribution in [-0.2, 0) is 19.0 Å². The van der Waals surface area contributed by atoms with Crippen molar-refractivity contribution >= 4 is 15.9 Å². The van der Waals surface area contributed by atoms with E-state index in [2.05, 4.69) is 15.9 Å². The van der Waals surface area contributed by atoms with Gasteiger partial charge in [0, 0.05) is 4.47 Å². The largest absolute Gasteiger partial charge is 0.416 e. The van der Waals surface area contributed by atoms with Gasteiger partial charge in [-0.25, -0.2) is 0 Å². The molecule has 0 aromatic heterocycles. The summed E-state index contributed by atoms with van der Waals surface area (Å²) in [6.07, 6.45) is -2.91. The van der Waals surface area contributed by atoms with Crippen LogP contribution in [-0.4, -0.2) is 0 Å². The quantitative estimate of drug-likeness (QED) is 0.661. The standard InChI is InChI=1S/C9H6BrF3/c10-8-4-3-7(9(11,12)13)5-1-2-6(5)8/h3-4H,1-2H2. The number of fused-ring (bicyclic) bond motifs is 1. The van der Waals surface area contributed by atoms with E-state index in [-0.39, 0.29) is 0 Å². The van der Waals surface area contributed by atoms with Crippen LogP contribution in [0.2, 0.25) is 0 Å². The average molecular weight is 251 g/mol. The van der Waals surface area contributed by atoms with Crippen LogP contribution in [0.5, 0.6) is 0 Å². The summed E-state index contributed by atoms with van der Waals surface area (Å²) in [4.78, 5) is 0. The van der Waals surface area contributed by atoms with Crippen molar-refractivity contribution in [2.24, 2.45) is 0 Å². The Labute approximate surface area is 81.9 Å². The first-order chi connectivity index (χ1) is 6.00. The van der Waals surface area contributed by atoms with Crippen LogP contribution < -0.4 is 0 Å². The second kappa shape index (κ2) is 2.74. The zero-order valence-electron chi connectivity index (χ0n) is 6.58. The summed E-state index contributed by atoms with van der Waals surface area (Å²) in [7, 11) is 0. The first kappa shape index (κ1) is 9.06. The van der Waals surface area contributed by atoms with Gasteiger partial charge in [-0.2, -0.15) is 13.2 Å². The number of hydrogen-bond donors (Lipinski definition) is 0. The molecule has 1 aromatic rings. The van der Waals surface area contributed by atoms with Crippen LogP contribution in [0.1, 0.15) is 16.7 Å². The lowest BCUT2D eigenvalue weighted by molar-refractivity contribution is -0.138. The highest BCUT2D eigenvalue weighted by Crippen LogP contribution is 2.40. The number of rotatable bonds is 0. The second-order valence-electron chi connectivity index (χ2n) is 3.05. The van der Waals surface area contributed by atoms with Gasteiger partial charge in [0.25, 0.3) is 0 Å². The van der Waals surface area contributed by atoms with E-state index >= 15 is 0 Å². The Morgan fingerprint density at radius 1 is 1.08 bits per heavy atom. The molecule has 0 spiro atoms. The van der Waals surface area contributed by atoms with Crippen molar-refractivity contribution in [3.8, 4) is 0 Å². The predicted molar refractivity (Wildman–Crippen MR) is 46.6 cm³/mol. The Hall–Kier alpha value is -0.510. The van der Waals surface area contributed by atoms with Crippen LogP contribution in [0.25, 0.3) is 0 Å². The van der Waals surface area contributed by atoms with Crippen molar-refractivity contribution in [1.82, 2.24) is 0 Å². The molecule has 0 bridgehead atoms. The molecule has 0 saturated heterocycles. The van der Waals surface area contributed by atoms with Gasteiger partial charge in [-0.3, -0.25) is 0 Å². The molecule has 0 radical (unpaired) electrons. The first-order valence-electron chi connectivity index (χ1n) is 3.87. The summed E-state index contributed by atoms with van der Waals surface area (Å²) in [6.45, 7) is 0. The van der Waals surface area contributed by atoms with Gasteiger partial charge >= 0.3 is 6.18 Å². The van der Waals surface area contributed by atoms with Crippen molar-refractivity contribution in [3.05, 3.63) is 33.3 Å². The first-order valence-corrected chi connectivity index (χ1v) is 4.67. The fourth-order valence-corrected chi connectivity index (χ4v) is 2.13. The minimum atomic E-state index is -4.20. The second-order valence-corrected chi connectivity index (χ2v) is 3.90. The van der Waals surface area contributed by atoms with E-state index in [1.807, 2.05) is 0 Å². The number of hydrogen-bond acceptors (Lipinski definition) is 0. The molecule has 13 heavy (non-hydrogen) atoms. The molecule has 1 aliphatic carbocycles. The zero-order chi connectivity index (χ0) is 9.64. The summed E-state index contributed by atoms with van der Waals surface area (Å²) in [5.41, 5.74) is 0.800. The van der Waals surface area contributed by atoms with Crippen molar-refractivity contribution < 1.29 is 13.2 Å². The van der Waals surface area contributed by atoms with Crippen LogP contribution in [0, 0.1) is 0 Å². The molecule has 2 rings (SSSR count). The van der Waals surface area contributed by atoms with Gasteiger partial charge in [-0.05, 0) is 36.1 Å². The van der Waals surface area contributed by atoms with E-state index in [4.69, 9.17) is 0 Å². The van der Waals surface area contributed by atoms with Crippen LogP contribution >= 0.6 is 15.9 Å². The molecule has 0 heterocycles. The number of benzene rings is 1. The third-order valence-corrected chi connectivity index (χ3v) is 3.05. The highest BCUT2D eigenvalue weighted by Gasteiger charge is 2.36. The molecule has 0 fully saturated rings. The van der Waals surface area contributed by atoms with Gasteiger partial charge < -0.3 is 0 Å². The Bertz CT molecular complexity index is 355.